The number of methoxy groups -OCH3 is 2. The summed E-state index contributed by atoms with van der Waals surface area (Å²) < 4.78 is 74.6. The van der Waals surface area contributed by atoms with Crippen LogP contribution in [0.2, 0.25) is 0 Å². The van der Waals surface area contributed by atoms with E-state index in [4.69, 9.17) is 25.7 Å². The zero-order valence-corrected chi connectivity index (χ0v) is 43.8. The van der Waals surface area contributed by atoms with Crippen molar-refractivity contribution in [2.45, 2.75) is 108 Å². The maximum absolute atomic E-state index is 14.0. The minimum absolute atomic E-state index is 0.0148. The van der Waals surface area contributed by atoms with E-state index in [1.165, 1.54) is 19.1 Å². The molecular formula is C50H65N9O12S2. The third kappa shape index (κ3) is 14.5. The second-order valence-corrected chi connectivity index (χ2v) is 20.9. The van der Waals surface area contributed by atoms with Gasteiger partial charge >= 0.3 is 5.97 Å². The molecule has 1 heterocycles. The van der Waals surface area contributed by atoms with E-state index in [9.17, 15) is 40.8 Å². The largest absolute Gasteiger partial charge is 0.496 e. The van der Waals surface area contributed by atoms with Crippen LogP contribution in [-0.2, 0) is 68.5 Å². The van der Waals surface area contributed by atoms with Gasteiger partial charge in [0, 0.05) is 26.2 Å². The summed E-state index contributed by atoms with van der Waals surface area (Å²) in [6, 6.07) is 15.2. The number of ether oxygens (including phenoxy) is 3. The molecule has 4 amide bonds. The summed E-state index contributed by atoms with van der Waals surface area (Å²) in [5, 5.41) is 7.62. The van der Waals surface area contributed by atoms with Crippen molar-refractivity contribution in [2.24, 2.45) is 16.5 Å². The molecule has 0 spiro atoms. The van der Waals surface area contributed by atoms with Crippen molar-refractivity contribution in [1.82, 2.24) is 30.3 Å². The Morgan fingerprint density at radius 2 is 1.37 bits per heavy atom. The first-order valence-electron chi connectivity index (χ1n) is 23.3. The number of piperazine rings is 1. The van der Waals surface area contributed by atoms with E-state index in [0.717, 1.165) is 5.56 Å². The fraction of sp³-hybridized carbons (Fsp3) is 0.400. The molecule has 5 rings (SSSR count). The molecule has 0 aromatic heterocycles. The number of guanidine groups is 1. The van der Waals surface area contributed by atoms with Crippen LogP contribution < -0.4 is 46.3 Å². The van der Waals surface area contributed by atoms with Gasteiger partial charge in [-0.2, -0.15) is 0 Å². The number of nitrogens with zero attached hydrogens (tertiary/aromatic N) is 2. The zero-order chi connectivity index (χ0) is 53.8. The first-order chi connectivity index (χ1) is 34.5. The van der Waals surface area contributed by atoms with Crippen LogP contribution in [0, 0.1) is 41.5 Å². The maximum Gasteiger partial charge on any atom is 0.325 e. The molecule has 1 fully saturated rings. The quantitative estimate of drug-likeness (QED) is 0.0242. The predicted molar refractivity (Wildman–Crippen MR) is 272 cm³/mol. The van der Waals surface area contributed by atoms with Crippen molar-refractivity contribution in [1.29, 1.82) is 0 Å². The zero-order valence-electron chi connectivity index (χ0n) is 42.2. The summed E-state index contributed by atoms with van der Waals surface area (Å²) in [4.78, 5) is 72.7. The van der Waals surface area contributed by atoms with E-state index < -0.39 is 86.7 Å². The number of hydrogen-bond donors (Lipinski definition) is 7. The summed E-state index contributed by atoms with van der Waals surface area (Å²) in [5.41, 5.74) is 17.2. The second kappa shape index (κ2) is 25.0. The molecule has 0 radical (unpaired) electrons. The molecule has 9 N–H and O–H groups in total. The lowest BCUT2D eigenvalue weighted by Crippen LogP contribution is -2.65. The van der Waals surface area contributed by atoms with Gasteiger partial charge in [0.1, 0.15) is 42.8 Å². The third-order valence-electron chi connectivity index (χ3n) is 12.4. The van der Waals surface area contributed by atoms with Crippen LogP contribution in [0.25, 0.3) is 0 Å². The number of carbonyl (C=O) groups excluding carboxylic acids is 5. The van der Waals surface area contributed by atoms with E-state index in [2.05, 4.69) is 30.4 Å². The first kappa shape index (κ1) is 56.8. The second-order valence-electron chi connectivity index (χ2n) is 17.6. The van der Waals surface area contributed by atoms with Crippen molar-refractivity contribution in [3.05, 3.63) is 117 Å². The van der Waals surface area contributed by atoms with E-state index in [1.807, 2.05) is 0 Å². The fourth-order valence-corrected chi connectivity index (χ4v) is 11.4. The highest BCUT2D eigenvalue weighted by molar-refractivity contribution is 7.90. The lowest BCUT2D eigenvalue weighted by Gasteiger charge is -2.38. The van der Waals surface area contributed by atoms with Crippen LogP contribution in [0.5, 0.6) is 11.5 Å². The molecule has 21 nitrogen and oxygen atoms in total. The van der Waals surface area contributed by atoms with Crippen molar-refractivity contribution in [3.8, 4) is 11.5 Å². The predicted octanol–water partition coefficient (Wildman–Crippen LogP) is 2.00. The molecule has 73 heavy (non-hydrogen) atoms. The van der Waals surface area contributed by atoms with Crippen LogP contribution in [0.4, 0.5) is 0 Å². The van der Waals surface area contributed by atoms with E-state index in [1.54, 1.807) is 108 Å². The number of rotatable bonds is 23. The number of carbonyl (C=O) groups is 5. The Morgan fingerprint density at radius 1 is 0.795 bits per heavy atom. The number of nitrogens with two attached hydrogens (primary N) is 2. The first-order valence-corrected chi connectivity index (χ1v) is 26.3. The summed E-state index contributed by atoms with van der Waals surface area (Å²) in [5.74, 6) is -2.86. The number of aryl methyl sites for hydroxylation is 2. The molecule has 4 aromatic rings. The molecule has 4 aromatic carbocycles. The van der Waals surface area contributed by atoms with Gasteiger partial charge in [-0.05, 0) is 117 Å². The van der Waals surface area contributed by atoms with Crippen molar-refractivity contribution in [3.63, 3.8) is 0 Å². The minimum Gasteiger partial charge on any atom is -0.496 e. The van der Waals surface area contributed by atoms with Gasteiger partial charge < -0.3 is 46.5 Å². The third-order valence-corrected chi connectivity index (χ3v) is 15.8. The molecule has 1 saturated heterocycles. The lowest BCUT2D eigenvalue weighted by atomic mass is 10.0. The van der Waals surface area contributed by atoms with Crippen molar-refractivity contribution >= 4 is 55.6 Å². The number of benzene rings is 4. The Morgan fingerprint density at radius 3 is 1.95 bits per heavy atom. The molecule has 0 aliphatic carbocycles. The number of aliphatic imine (C=N–C) groups is 1. The van der Waals surface area contributed by atoms with Crippen molar-refractivity contribution in [2.75, 3.05) is 33.9 Å². The summed E-state index contributed by atoms with van der Waals surface area (Å²) >= 11 is 0. The molecule has 0 saturated carbocycles. The number of hydrogen-bond acceptors (Lipinski definition) is 14. The van der Waals surface area contributed by atoms with Gasteiger partial charge in [-0.25, -0.2) is 26.3 Å². The molecule has 0 bridgehead atoms. The Bertz CT molecular complexity index is 2950. The highest BCUT2D eigenvalue weighted by Crippen LogP contribution is 2.32. The highest BCUT2D eigenvalue weighted by Gasteiger charge is 2.41. The summed E-state index contributed by atoms with van der Waals surface area (Å²) in [6.45, 7) is 9.17. The number of nitrogens with one attached hydrogen (secondary N) is 5. The lowest BCUT2D eigenvalue weighted by molar-refractivity contribution is -0.150. The SMILES string of the molecule is COc1cc(C)c(S(=O)(=O)NCc2ccc(CN3C(=O)[C@H](CC(=O)N[C@@H](CCCN=C(N)NS(=O)(=O)c4c(C)cc(OC)c(C)c4C)C(=O)NCC(=O)OCc4ccccc4)NC(=O)[C@H]3CN)cc2)c(C)c1C. The number of sulfonamides is 2. The molecular weight excluding hydrogens is 983 g/mol. The molecule has 1 aliphatic rings. The van der Waals surface area contributed by atoms with Crippen LogP contribution in [0.3, 0.4) is 0 Å². The van der Waals surface area contributed by atoms with Crippen LogP contribution in [0.1, 0.15) is 69.3 Å². The Hall–Kier alpha value is -7.08. The summed E-state index contributed by atoms with van der Waals surface area (Å²) in [7, 11) is -5.09. The topological polar surface area (TPSA) is 309 Å². The van der Waals surface area contributed by atoms with E-state index in [-0.39, 0.29) is 55.4 Å². The van der Waals surface area contributed by atoms with Gasteiger partial charge in [0.05, 0.1) is 30.4 Å². The van der Waals surface area contributed by atoms with E-state index >= 15 is 0 Å². The monoisotopic (exact) mass is 1050 g/mol. The maximum atomic E-state index is 14.0. The summed E-state index contributed by atoms with van der Waals surface area (Å²) in [6.07, 6.45) is -0.583. The van der Waals surface area contributed by atoms with Gasteiger partial charge in [-0.1, -0.05) is 54.6 Å². The molecule has 394 valence electrons. The standard InChI is InChI=1S/C50H65N9O12S2/c1-29-21-41(69-7)31(3)33(5)45(29)72(65,66)55-25-35-16-18-36(19-17-35)27-59-40(24-51)48(63)57-39(49(59)64)23-43(60)56-38(47(62)54-26-44(61)71-28-37-13-10-9-11-14-37)15-12-20-53-50(52)58-73(67,68)46-30(2)22-42(70-8)32(4)34(46)6/h9-11,13-14,16-19,21-22,38-40,55H,12,15,20,23-28,51H2,1-8H3,(H,54,62)(H,56,60)(H,57,63)(H3,52,53,58)/t38-,39-,40+/m0/s1. The highest BCUT2D eigenvalue weighted by atomic mass is 32.2. The molecule has 3 atom stereocenters. The molecule has 1 aliphatic heterocycles. The average Bonchev–Trinajstić information content (AvgIpc) is 3.34. The van der Waals surface area contributed by atoms with Gasteiger partial charge in [-0.3, -0.25) is 29.0 Å². The Balaban J connectivity index is 1.24. The van der Waals surface area contributed by atoms with Crippen LogP contribution >= 0.6 is 0 Å². The normalized spacial score (nSPS) is 15.5. The van der Waals surface area contributed by atoms with Gasteiger partial charge in [0.2, 0.25) is 39.6 Å². The van der Waals surface area contributed by atoms with Crippen LogP contribution in [0.15, 0.2) is 81.5 Å². The molecule has 23 heteroatoms. The smallest absolute Gasteiger partial charge is 0.325 e. The minimum atomic E-state index is -4.18. The fourth-order valence-electron chi connectivity index (χ4n) is 8.38. The van der Waals surface area contributed by atoms with Gasteiger partial charge in [0.15, 0.2) is 0 Å². The Kier molecular flexibility index (Phi) is 19.5. The molecule has 0 unspecified atom stereocenters. The average molecular weight is 1050 g/mol. The Labute approximate surface area is 426 Å². The van der Waals surface area contributed by atoms with Gasteiger partial charge in [-0.15, -0.1) is 0 Å². The number of amides is 4. The number of esters is 1. The van der Waals surface area contributed by atoms with Crippen molar-refractivity contribution < 1.29 is 55.0 Å². The van der Waals surface area contributed by atoms with Gasteiger partial charge in [0.25, 0.3) is 10.0 Å². The van der Waals surface area contributed by atoms with E-state index in [0.29, 0.717) is 56.0 Å². The van der Waals surface area contributed by atoms with Crippen LogP contribution in [-0.4, -0.2) is 109 Å².